The number of nitrogens with one attached hydrogen (secondary N) is 2. The molecule has 2 aromatic heterocycles. The number of nitrogens with two attached hydrogens (primary N) is 2. The fourth-order valence-corrected chi connectivity index (χ4v) is 3.37. The second-order valence-corrected chi connectivity index (χ2v) is 7.45. The van der Waals surface area contributed by atoms with E-state index in [0.717, 1.165) is 30.7 Å². The van der Waals surface area contributed by atoms with Crippen LogP contribution >= 0.6 is 0 Å². The van der Waals surface area contributed by atoms with Gasteiger partial charge in [0.1, 0.15) is 24.1 Å². The molecule has 9 nitrogen and oxygen atoms in total. The van der Waals surface area contributed by atoms with Crippen molar-refractivity contribution in [2.75, 3.05) is 0 Å². The molecule has 0 spiro atoms. The summed E-state index contributed by atoms with van der Waals surface area (Å²) in [5.41, 5.74) is 12.1. The largest absolute Gasteiger partial charge is 0.451 e. The van der Waals surface area contributed by atoms with Gasteiger partial charge in [-0.3, -0.25) is 10.4 Å². The van der Waals surface area contributed by atoms with Gasteiger partial charge >= 0.3 is 6.18 Å². The van der Waals surface area contributed by atoms with E-state index in [1.165, 1.54) is 6.21 Å². The third-order valence-corrected chi connectivity index (χ3v) is 5.18. The molecule has 0 aliphatic carbocycles. The van der Waals surface area contributed by atoms with Gasteiger partial charge in [-0.2, -0.15) is 18.4 Å². The Labute approximate surface area is 206 Å². The molecule has 3 rings (SSSR count). The summed E-state index contributed by atoms with van der Waals surface area (Å²) in [4.78, 5) is 17.3. The van der Waals surface area contributed by atoms with E-state index in [1.54, 1.807) is 6.92 Å². The van der Waals surface area contributed by atoms with Gasteiger partial charge in [0.2, 0.25) is 5.82 Å². The number of alkyl halides is 3. The molecule has 0 radical (unpaired) electrons. The number of aromatic amines is 1. The van der Waals surface area contributed by atoms with E-state index in [1.807, 2.05) is 6.07 Å². The SMILES string of the molecule is CC(C(C=Nc1ccc(F)cc1F)=CN)c1[nH]c(C(N)=NC=N)c(-c2cnc(C(F)(F)F)nc2)c1C#N. The third-order valence-electron chi connectivity index (χ3n) is 5.18. The number of rotatable bonds is 7. The molecule has 0 bridgehead atoms. The molecule has 14 heteroatoms. The van der Waals surface area contributed by atoms with Crippen LogP contribution in [0.4, 0.5) is 27.6 Å². The van der Waals surface area contributed by atoms with Crippen molar-refractivity contribution in [1.82, 2.24) is 15.0 Å². The Morgan fingerprint density at radius 2 is 1.92 bits per heavy atom. The second kappa shape index (κ2) is 10.8. The van der Waals surface area contributed by atoms with E-state index >= 15 is 0 Å². The molecule has 2 heterocycles. The number of hydrogen-bond acceptors (Lipinski definition) is 6. The van der Waals surface area contributed by atoms with E-state index in [9.17, 15) is 27.2 Å². The first kappa shape index (κ1) is 26.7. The van der Waals surface area contributed by atoms with Crippen molar-refractivity contribution in [3.63, 3.8) is 0 Å². The van der Waals surface area contributed by atoms with E-state index in [0.29, 0.717) is 18.0 Å². The zero-order chi connectivity index (χ0) is 27.3. The summed E-state index contributed by atoms with van der Waals surface area (Å²) in [6.45, 7) is 1.62. The van der Waals surface area contributed by atoms with Crippen molar-refractivity contribution in [3.8, 4) is 17.2 Å². The lowest BCUT2D eigenvalue weighted by molar-refractivity contribution is -0.144. The Kier molecular flexibility index (Phi) is 7.76. The highest BCUT2D eigenvalue weighted by molar-refractivity contribution is 6.06. The van der Waals surface area contributed by atoms with Crippen LogP contribution in [0.25, 0.3) is 11.1 Å². The van der Waals surface area contributed by atoms with Gasteiger partial charge in [-0.05, 0) is 23.9 Å². The Bertz CT molecular complexity index is 1440. The molecule has 1 aromatic carbocycles. The van der Waals surface area contributed by atoms with E-state index < -0.39 is 29.6 Å². The summed E-state index contributed by atoms with van der Waals surface area (Å²) >= 11 is 0. The molecule has 3 aromatic rings. The van der Waals surface area contributed by atoms with Gasteiger partial charge < -0.3 is 16.5 Å². The van der Waals surface area contributed by atoms with Crippen LogP contribution in [0.3, 0.4) is 0 Å². The molecule has 1 atom stereocenters. The zero-order valence-electron chi connectivity index (χ0n) is 19.0. The maximum Gasteiger partial charge on any atom is 0.451 e. The minimum absolute atomic E-state index is 0.0257. The van der Waals surface area contributed by atoms with E-state index in [2.05, 4.69) is 24.9 Å². The summed E-state index contributed by atoms with van der Waals surface area (Å²) < 4.78 is 65.9. The third kappa shape index (κ3) is 5.67. The summed E-state index contributed by atoms with van der Waals surface area (Å²) in [5.74, 6) is -4.00. The van der Waals surface area contributed by atoms with Crippen LogP contribution in [0.5, 0.6) is 0 Å². The van der Waals surface area contributed by atoms with Crippen LogP contribution < -0.4 is 11.5 Å². The normalized spacial score (nSPS) is 13.5. The van der Waals surface area contributed by atoms with Gasteiger partial charge in [0.05, 0.1) is 16.9 Å². The van der Waals surface area contributed by atoms with E-state index in [4.69, 9.17) is 16.9 Å². The fourth-order valence-electron chi connectivity index (χ4n) is 3.37. The van der Waals surface area contributed by atoms with Gasteiger partial charge in [-0.25, -0.2) is 23.7 Å². The van der Waals surface area contributed by atoms with Crippen molar-refractivity contribution in [2.45, 2.75) is 19.0 Å². The standard InChI is InChI=1S/C23H18F5N9/c1-11(12(5-29)7-33-17-3-2-14(24)4-16(17)25)19-15(6-30)18(20(37-19)21(32)36-10-31)13-8-34-22(35-9-13)23(26,27)28/h2-5,7-11,37H,29H2,1H3,(H3,31,32,36). The zero-order valence-corrected chi connectivity index (χ0v) is 19.0. The Morgan fingerprint density at radius 3 is 2.46 bits per heavy atom. The molecule has 0 aliphatic rings. The maximum atomic E-state index is 14.0. The molecule has 1 unspecified atom stereocenters. The number of aliphatic imine (C=N–C) groups is 2. The Morgan fingerprint density at radius 1 is 1.24 bits per heavy atom. The van der Waals surface area contributed by atoms with Crippen molar-refractivity contribution in [1.29, 1.82) is 10.7 Å². The molecule has 0 aliphatic heterocycles. The number of halogens is 5. The summed E-state index contributed by atoms with van der Waals surface area (Å²) in [7, 11) is 0. The summed E-state index contributed by atoms with van der Waals surface area (Å²) in [6.07, 6.45) is 0.0170. The van der Waals surface area contributed by atoms with Crippen LogP contribution in [-0.2, 0) is 6.18 Å². The minimum atomic E-state index is -4.78. The molecule has 190 valence electrons. The Balaban J connectivity index is 2.13. The molecule has 0 saturated carbocycles. The summed E-state index contributed by atoms with van der Waals surface area (Å²) in [6, 6.07) is 4.80. The average Bonchev–Trinajstić information content (AvgIpc) is 3.25. The molecule has 0 fully saturated rings. The topological polar surface area (TPSA) is 166 Å². The molecule has 0 saturated heterocycles. The number of nitrogens with zero attached hydrogens (tertiary/aromatic N) is 5. The first-order valence-corrected chi connectivity index (χ1v) is 10.3. The van der Waals surface area contributed by atoms with Gasteiger partial charge in [-0.1, -0.05) is 6.92 Å². The van der Waals surface area contributed by atoms with Crippen molar-refractivity contribution >= 4 is 24.1 Å². The first-order chi connectivity index (χ1) is 17.5. The monoisotopic (exact) mass is 515 g/mol. The van der Waals surface area contributed by atoms with Crippen LogP contribution in [0, 0.1) is 28.4 Å². The Hall–Kier alpha value is -4.93. The van der Waals surface area contributed by atoms with Crippen molar-refractivity contribution < 1.29 is 22.0 Å². The van der Waals surface area contributed by atoms with E-state index in [-0.39, 0.29) is 39.6 Å². The average molecular weight is 515 g/mol. The number of H-pyrrole nitrogens is 1. The molecule has 6 N–H and O–H groups in total. The maximum absolute atomic E-state index is 14.0. The first-order valence-electron chi connectivity index (χ1n) is 10.3. The van der Waals surface area contributed by atoms with Gasteiger partial charge in [0.15, 0.2) is 5.82 Å². The highest BCUT2D eigenvalue weighted by atomic mass is 19.4. The van der Waals surface area contributed by atoms with Crippen molar-refractivity contribution in [3.05, 3.63) is 76.8 Å². The number of allylic oxidation sites excluding steroid dienone is 1. The van der Waals surface area contributed by atoms with Crippen molar-refractivity contribution in [2.24, 2.45) is 21.5 Å². The highest BCUT2D eigenvalue weighted by Gasteiger charge is 2.35. The van der Waals surface area contributed by atoms with Crippen LogP contribution in [0.15, 0.2) is 52.4 Å². The number of aromatic nitrogens is 3. The van der Waals surface area contributed by atoms with Gasteiger partial charge in [0, 0.05) is 47.4 Å². The number of benzene rings is 1. The van der Waals surface area contributed by atoms with Crippen LogP contribution in [-0.4, -0.2) is 33.3 Å². The van der Waals surface area contributed by atoms with Gasteiger partial charge in [-0.15, -0.1) is 0 Å². The predicted molar refractivity (Wildman–Crippen MR) is 126 cm³/mol. The minimum Gasteiger partial charge on any atom is -0.404 e. The highest BCUT2D eigenvalue weighted by Crippen LogP contribution is 2.36. The number of hydrogen-bond donors (Lipinski definition) is 4. The molecule has 0 amide bonds. The quantitative estimate of drug-likeness (QED) is 0.209. The number of amidine groups is 1. The number of nitriles is 1. The predicted octanol–water partition coefficient (Wildman–Crippen LogP) is 4.30. The summed E-state index contributed by atoms with van der Waals surface area (Å²) in [5, 5.41) is 17.1. The smallest absolute Gasteiger partial charge is 0.404 e. The molecular weight excluding hydrogens is 497 g/mol. The van der Waals surface area contributed by atoms with Crippen LogP contribution in [0.1, 0.15) is 35.6 Å². The lowest BCUT2D eigenvalue weighted by atomic mass is 9.93. The lowest BCUT2D eigenvalue weighted by Gasteiger charge is -2.12. The lowest BCUT2D eigenvalue weighted by Crippen LogP contribution is -2.16. The molecular formula is C23H18F5N9. The second-order valence-electron chi connectivity index (χ2n) is 7.45. The van der Waals surface area contributed by atoms with Crippen LogP contribution in [0.2, 0.25) is 0 Å². The fraction of sp³-hybridized carbons (Fsp3) is 0.130. The molecule has 37 heavy (non-hydrogen) atoms. The van der Waals surface area contributed by atoms with Gasteiger partial charge in [0.25, 0.3) is 0 Å².